The minimum atomic E-state index is 0.0168. The highest BCUT2D eigenvalue weighted by Crippen LogP contribution is 2.26. The van der Waals surface area contributed by atoms with Crippen LogP contribution in [0.15, 0.2) is 12.3 Å². The number of hydrogen-bond acceptors (Lipinski definition) is 4. The minimum Gasteiger partial charge on any atom is -0.498 e. The van der Waals surface area contributed by atoms with E-state index in [-0.39, 0.29) is 5.97 Å². The molecule has 46 heavy (non-hydrogen) atoms. The van der Waals surface area contributed by atoms with Gasteiger partial charge in [0.15, 0.2) is 0 Å². The third kappa shape index (κ3) is 25.0. The smallest absolute Gasteiger partial charge is 0.305 e. The predicted molar refractivity (Wildman–Crippen MR) is 200 cm³/mol. The molecule has 0 amide bonds. The zero-order valence-electron chi connectivity index (χ0n) is 31.7. The van der Waals surface area contributed by atoms with Gasteiger partial charge in [0.1, 0.15) is 0 Å². The molecule has 0 saturated carbocycles. The summed E-state index contributed by atoms with van der Waals surface area (Å²) in [5, 5.41) is 0. The van der Waals surface area contributed by atoms with Gasteiger partial charge in [-0.15, -0.1) is 0 Å². The van der Waals surface area contributed by atoms with E-state index in [0.717, 1.165) is 50.6 Å². The maximum atomic E-state index is 12.3. The second-order valence-electron chi connectivity index (χ2n) is 15.0. The Morgan fingerprint density at radius 1 is 0.630 bits per heavy atom. The number of likely N-dealkylation sites (tertiary alicyclic amines) is 1. The Labute approximate surface area is 288 Å². The van der Waals surface area contributed by atoms with E-state index < -0.39 is 0 Å². The van der Waals surface area contributed by atoms with Crippen molar-refractivity contribution in [3.8, 4) is 0 Å². The van der Waals surface area contributed by atoms with E-state index in [1.165, 1.54) is 154 Å². The van der Waals surface area contributed by atoms with Crippen LogP contribution in [0.3, 0.4) is 0 Å². The molecule has 2 atom stereocenters. The number of rotatable bonds is 34. The van der Waals surface area contributed by atoms with E-state index in [1.807, 2.05) is 0 Å². The molecule has 0 radical (unpaired) electrons. The first-order chi connectivity index (χ1) is 22.5. The molecule has 0 spiro atoms. The number of hydrogen-bond donors (Lipinski definition) is 0. The van der Waals surface area contributed by atoms with Crippen molar-refractivity contribution >= 4 is 5.97 Å². The number of unbranched alkanes of at least 4 members (excludes halogenated alkanes) is 16. The number of carbonyl (C=O) groups is 1. The summed E-state index contributed by atoms with van der Waals surface area (Å²) >= 11 is 0. The van der Waals surface area contributed by atoms with Crippen LogP contribution in [0.1, 0.15) is 201 Å². The Morgan fingerprint density at radius 3 is 1.63 bits per heavy atom. The normalized spacial score (nSPS) is 15.9. The monoisotopic (exact) mass is 648 g/mol. The molecule has 1 rings (SSSR count). The predicted octanol–water partition coefficient (Wildman–Crippen LogP) is 12.8. The van der Waals surface area contributed by atoms with Gasteiger partial charge >= 0.3 is 5.97 Å². The van der Waals surface area contributed by atoms with E-state index in [9.17, 15) is 4.79 Å². The molecule has 0 bridgehead atoms. The lowest BCUT2D eigenvalue weighted by Gasteiger charge is -2.21. The maximum absolute atomic E-state index is 12.3. The second-order valence-corrected chi connectivity index (χ2v) is 15.0. The topological polar surface area (TPSA) is 38.8 Å². The van der Waals surface area contributed by atoms with Gasteiger partial charge in [-0.2, -0.15) is 0 Å². The summed E-state index contributed by atoms with van der Waals surface area (Å²) in [5.41, 5.74) is 0. The third-order valence-corrected chi connectivity index (χ3v) is 10.5. The molecule has 1 aliphatic rings. The van der Waals surface area contributed by atoms with Gasteiger partial charge in [0.05, 0.1) is 19.0 Å². The average molecular weight is 648 g/mol. The van der Waals surface area contributed by atoms with Crippen LogP contribution in [-0.4, -0.2) is 44.2 Å². The molecule has 4 heteroatoms. The van der Waals surface area contributed by atoms with Crippen molar-refractivity contribution in [3.05, 3.63) is 12.3 Å². The Hall–Kier alpha value is -1.03. The Kier molecular flexibility index (Phi) is 29.2. The lowest BCUT2D eigenvalue weighted by molar-refractivity contribution is -0.144. The Morgan fingerprint density at radius 2 is 1.09 bits per heavy atom. The van der Waals surface area contributed by atoms with Gasteiger partial charge in [-0.1, -0.05) is 162 Å². The van der Waals surface area contributed by atoms with Gasteiger partial charge in [-0.25, -0.2) is 0 Å². The van der Waals surface area contributed by atoms with Crippen LogP contribution in [0.25, 0.3) is 0 Å². The largest absolute Gasteiger partial charge is 0.498 e. The van der Waals surface area contributed by atoms with Crippen LogP contribution < -0.4 is 0 Å². The first-order valence-electron chi connectivity index (χ1n) is 20.7. The van der Waals surface area contributed by atoms with E-state index in [2.05, 4.69) is 39.3 Å². The lowest BCUT2D eigenvalue weighted by Crippen LogP contribution is -2.17. The average Bonchev–Trinajstić information content (AvgIpc) is 3.49. The fraction of sp³-hybridized carbons (Fsp3) is 0.929. The molecule has 0 aromatic rings. The van der Waals surface area contributed by atoms with Gasteiger partial charge in [-0.05, 0) is 64.0 Å². The van der Waals surface area contributed by atoms with Crippen molar-refractivity contribution < 1.29 is 14.3 Å². The Bertz CT molecular complexity index is 684. The van der Waals surface area contributed by atoms with Crippen molar-refractivity contribution in [1.29, 1.82) is 0 Å². The maximum Gasteiger partial charge on any atom is 0.305 e. The molecule has 1 saturated heterocycles. The quantitative estimate of drug-likeness (QED) is 0.0396. The van der Waals surface area contributed by atoms with Crippen LogP contribution in [0.2, 0.25) is 0 Å². The highest BCUT2D eigenvalue weighted by molar-refractivity contribution is 5.69. The van der Waals surface area contributed by atoms with E-state index in [4.69, 9.17) is 9.47 Å². The molecule has 1 fully saturated rings. The summed E-state index contributed by atoms with van der Waals surface area (Å²) in [4.78, 5) is 14.7. The molecule has 0 N–H and O–H groups in total. The third-order valence-electron chi connectivity index (χ3n) is 10.5. The summed E-state index contributed by atoms with van der Waals surface area (Å²) in [6.07, 6.45) is 35.6. The highest BCUT2D eigenvalue weighted by Gasteiger charge is 2.23. The summed E-state index contributed by atoms with van der Waals surface area (Å²) < 4.78 is 11.9. The number of esters is 1. The molecular weight excluding hydrogens is 566 g/mol. The zero-order chi connectivity index (χ0) is 33.5. The number of ether oxygens (including phenoxy) is 2. The van der Waals surface area contributed by atoms with Gasteiger partial charge in [0.2, 0.25) is 0 Å². The van der Waals surface area contributed by atoms with Gasteiger partial charge < -0.3 is 14.4 Å². The highest BCUT2D eigenvalue weighted by atomic mass is 16.5. The van der Waals surface area contributed by atoms with Gasteiger partial charge in [0, 0.05) is 18.9 Å². The van der Waals surface area contributed by atoms with Crippen LogP contribution in [0, 0.1) is 17.8 Å². The van der Waals surface area contributed by atoms with Gasteiger partial charge in [0.25, 0.3) is 0 Å². The summed E-state index contributed by atoms with van der Waals surface area (Å²) in [6.45, 7) is 14.9. The van der Waals surface area contributed by atoms with Crippen molar-refractivity contribution in [2.24, 2.45) is 17.8 Å². The van der Waals surface area contributed by atoms with Crippen LogP contribution in [-0.2, 0) is 14.3 Å². The SMILES string of the molecule is C=C(OCC(CCCCCCCCCC)CCCCCCCCC(=O)OCCCC(CCCCC)CCCCC)C1CCN(C)C1. The summed E-state index contributed by atoms with van der Waals surface area (Å²) in [6, 6.07) is 0. The first-order valence-corrected chi connectivity index (χ1v) is 20.7. The molecule has 272 valence electrons. The first kappa shape index (κ1) is 43.0. The molecule has 1 heterocycles. The summed E-state index contributed by atoms with van der Waals surface area (Å²) in [7, 11) is 2.20. The molecular formula is C42H81NO3. The molecule has 0 aromatic heterocycles. The zero-order valence-corrected chi connectivity index (χ0v) is 31.7. The standard InChI is InChI=1S/C42H81NO3/c1-6-9-12-13-14-15-18-23-29-40(37-46-38(4)41-33-34-43(5)36-41)30-24-19-16-17-20-25-32-42(44)45-35-26-31-39(27-21-10-7-2)28-22-11-8-3/h39-41H,4,6-37H2,1-3,5H3. The van der Waals surface area contributed by atoms with Crippen molar-refractivity contribution in [1.82, 2.24) is 4.90 Å². The lowest BCUT2D eigenvalue weighted by atomic mass is 9.91. The second kappa shape index (κ2) is 31.3. The van der Waals surface area contributed by atoms with Crippen LogP contribution in [0.5, 0.6) is 0 Å². The number of nitrogens with zero attached hydrogens (tertiary/aromatic N) is 1. The van der Waals surface area contributed by atoms with Crippen molar-refractivity contribution in [2.75, 3.05) is 33.4 Å². The van der Waals surface area contributed by atoms with Crippen LogP contribution in [0.4, 0.5) is 0 Å². The van der Waals surface area contributed by atoms with E-state index >= 15 is 0 Å². The molecule has 0 aliphatic carbocycles. The van der Waals surface area contributed by atoms with Gasteiger partial charge in [-0.3, -0.25) is 4.79 Å². The molecule has 0 aromatic carbocycles. The minimum absolute atomic E-state index is 0.0168. The molecule has 2 unspecified atom stereocenters. The molecule has 1 aliphatic heterocycles. The Balaban J connectivity index is 2.17. The fourth-order valence-corrected chi connectivity index (χ4v) is 7.26. The van der Waals surface area contributed by atoms with Crippen molar-refractivity contribution in [2.45, 2.75) is 201 Å². The van der Waals surface area contributed by atoms with E-state index in [1.54, 1.807) is 0 Å². The number of carbonyl (C=O) groups excluding carboxylic acids is 1. The fourth-order valence-electron chi connectivity index (χ4n) is 7.26. The van der Waals surface area contributed by atoms with Crippen LogP contribution >= 0.6 is 0 Å². The molecule has 4 nitrogen and oxygen atoms in total. The van der Waals surface area contributed by atoms with Crippen molar-refractivity contribution in [3.63, 3.8) is 0 Å². The summed E-state index contributed by atoms with van der Waals surface area (Å²) in [5.74, 6) is 3.04. The van der Waals surface area contributed by atoms with E-state index in [0.29, 0.717) is 24.9 Å².